The molecule has 20 heavy (non-hydrogen) atoms. The van der Waals surface area contributed by atoms with Crippen molar-refractivity contribution < 1.29 is 0 Å². The van der Waals surface area contributed by atoms with Gasteiger partial charge in [-0.25, -0.2) is 0 Å². The summed E-state index contributed by atoms with van der Waals surface area (Å²) in [6.07, 6.45) is 8.92. The lowest BCUT2D eigenvalue weighted by molar-refractivity contribution is 0.270. The lowest BCUT2D eigenvalue weighted by Crippen LogP contribution is -2.32. The fourth-order valence-corrected chi connectivity index (χ4v) is 3.75. The van der Waals surface area contributed by atoms with Gasteiger partial charge in [0.1, 0.15) is 0 Å². The summed E-state index contributed by atoms with van der Waals surface area (Å²) in [5.74, 6) is 1.77. The molecule has 3 rings (SSSR count). The van der Waals surface area contributed by atoms with Gasteiger partial charge in [0.25, 0.3) is 0 Å². The largest absolute Gasteiger partial charge is 0.326 e. The van der Waals surface area contributed by atoms with Crippen LogP contribution in [0, 0.1) is 11.8 Å². The zero-order valence-corrected chi connectivity index (χ0v) is 12.5. The molecule has 1 atom stereocenters. The topological polar surface area (TPSA) is 44.9 Å². The highest BCUT2D eigenvalue weighted by atomic mass is 16.1. The van der Waals surface area contributed by atoms with E-state index in [2.05, 4.69) is 17.2 Å². The normalized spacial score (nSPS) is 29.9. The molecule has 0 aromatic carbocycles. The highest BCUT2D eigenvalue weighted by molar-refractivity contribution is 5.26. The van der Waals surface area contributed by atoms with Gasteiger partial charge < -0.3 is 10.3 Å². The maximum atomic E-state index is 11.4. The Morgan fingerprint density at radius 2 is 2.00 bits per heavy atom. The molecule has 2 aliphatic carbocycles. The smallest absolute Gasteiger partial charge is 0.248 e. The van der Waals surface area contributed by atoms with Crippen LogP contribution >= 0.6 is 0 Å². The number of nitrogens with one attached hydrogen (secondary N) is 2. The van der Waals surface area contributed by atoms with E-state index in [-0.39, 0.29) is 5.56 Å². The van der Waals surface area contributed by atoms with E-state index in [1.807, 2.05) is 6.07 Å². The molecule has 1 aromatic heterocycles. The average molecular weight is 274 g/mol. The van der Waals surface area contributed by atoms with Crippen molar-refractivity contribution >= 4 is 0 Å². The van der Waals surface area contributed by atoms with Gasteiger partial charge >= 0.3 is 0 Å². The van der Waals surface area contributed by atoms with Gasteiger partial charge in [-0.05, 0) is 56.0 Å². The van der Waals surface area contributed by atoms with Crippen LogP contribution in [0.4, 0.5) is 0 Å². The zero-order valence-electron chi connectivity index (χ0n) is 12.5. The molecule has 0 radical (unpaired) electrons. The minimum absolute atomic E-state index is 0.0330. The Kier molecular flexibility index (Phi) is 4.25. The molecular formula is C17H26N2O. The van der Waals surface area contributed by atoms with Crippen molar-refractivity contribution in [2.45, 2.75) is 57.9 Å². The Labute approximate surface area is 121 Å². The molecule has 1 aromatic rings. The number of aromatic amines is 1. The predicted molar refractivity (Wildman–Crippen MR) is 81.9 cm³/mol. The summed E-state index contributed by atoms with van der Waals surface area (Å²) in [7, 11) is 0. The molecule has 2 N–H and O–H groups in total. The molecule has 0 amide bonds. The Morgan fingerprint density at radius 3 is 2.80 bits per heavy atom. The summed E-state index contributed by atoms with van der Waals surface area (Å²) in [6, 6.07) is 4.13. The van der Waals surface area contributed by atoms with E-state index in [4.69, 9.17) is 0 Å². The van der Waals surface area contributed by atoms with E-state index >= 15 is 0 Å². The third-order valence-corrected chi connectivity index (χ3v) is 5.12. The molecule has 0 saturated heterocycles. The van der Waals surface area contributed by atoms with Crippen LogP contribution in [-0.4, -0.2) is 11.5 Å². The number of aromatic nitrogens is 1. The monoisotopic (exact) mass is 274 g/mol. The van der Waals surface area contributed by atoms with Crippen molar-refractivity contribution in [1.82, 2.24) is 10.3 Å². The Morgan fingerprint density at radius 1 is 1.20 bits per heavy atom. The highest BCUT2D eigenvalue weighted by Gasteiger charge is 2.23. The quantitative estimate of drug-likeness (QED) is 0.889. The van der Waals surface area contributed by atoms with E-state index in [0.717, 1.165) is 30.5 Å². The first-order valence-electron chi connectivity index (χ1n) is 8.18. The summed E-state index contributed by atoms with van der Waals surface area (Å²) in [6.45, 7) is 3.51. The fraction of sp³-hybridized carbons (Fsp3) is 0.706. The standard InChI is InChI=1S/C17H26N2O/c1-12-5-7-13(8-6-12)11-18-15-3-2-4-16-14(15)9-10-17(20)19-16/h9-10,12-13,15,18H,2-8,11H2,1H3,(H,19,20). The average Bonchev–Trinajstić information content (AvgIpc) is 2.46. The number of pyridine rings is 1. The van der Waals surface area contributed by atoms with Gasteiger partial charge in [-0.3, -0.25) is 4.79 Å². The molecule has 1 heterocycles. The first kappa shape index (κ1) is 13.9. The maximum Gasteiger partial charge on any atom is 0.248 e. The molecule has 2 aliphatic rings. The van der Waals surface area contributed by atoms with Crippen molar-refractivity contribution in [3.8, 4) is 0 Å². The molecular weight excluding hydrogens is 248 g/mol. The third kappa shape index (κ3) is 3.14. The molecule has 1 fully saturated rings. The third-order valence-electron chi connectivity index (χ3n) is 5.12. The van der Waals surface area contributed by atoms with E-state index < -0.39 is 0 Å². The molecule has 3 nitrogen and oxygen atoms in total. The second kappa shape index (κ2) is 6.13. The number of hydrogen-bond donors (Lipinski definition) is 2. The molecule has 110 valence electrons. The summed E-state index contributed by atoms with van der Waals surface area (Å²) >= 11 is 0. The van der Waals surface area contributed by atoms with Crippen LogP contribution in [0.3, 0.4) is 0 Å². The summed E-state index contributed by atoms with van der Waals surface area (Å²) in [5.41, 5.74) is 2.50. The van der Waals surface area contributed by atoms with Crippen molar-refractivity contribution in [3.05, 3.63) is 33.7 Å². The van der Waals surface area contributed by atoms with Gasteiger partial charge in [0.2, 0.25) is 5.56 Å². The Bertz CT molecular complexity index is 500. The maximum absolute atomic E-state index is 11.4. The number of H-pyrrole nitrogens is 1. The summed E-state index contributed by atoms with van der Waals surface area (Å²) in [5, 5.41) is 3.76. The van der Waals surface area contributed by atoms with Gasteiger partial charge in [0, 0.05) is 17.8 Å². The minimum atomic E-state index is 0.0330. The first-order valence-corrected chi connectivity index (χ1v) is 8.18. The molecule has 0 aliphatic heterocycles. The van der Waals surface area contributed by atoms with Crippen molar-refractivity contribution in [1.29, 1.82) is 0 Å². The Balaban J connectivity index is 1.60. The second-order valence-electron chi connectivity index (χ2n) is 6.74. The highest BCUT2D eigenvalue weighted by Crippen LogP contribution is 2.30. The van der Waals surface area contributed by atoms with E-state index in [0.29, 0.717) is 6.04 Å². The van der Waals surface area contributed by atoms with Gasteiger partial charge in [-0.1, -0.05) is 25.8 Å². The number of fused-ring (bicyclic) bond motifs is 1. The van der Waals surface area contributed by atoms with Crippen LogP contribution in [-0.2, 0) is 6.42 Å². The van der Waals surface area contributed by atoms with Crippen LogP contribution in [0.2, 0.25) is 0 Å². The van der Waals surface area contributed by atoms with Crippen molar-refractivity contribution in [3.63, 3.8) is 0 Å². The second-order valence-corrected chi connectivity index (χ2v) is 6.74. The first-order chi connectivity index (χ1) is 9.72. The predicted octanol–water partition coefficient (Wildman–Crippen LogP) is 3.17. The number of hydrogen-bond acceptors (Lipinski definition) is 2. The summed E-state index contributed by atoms with van der Waals surface area (Å²) < 4.78 is 0. The Hall–Kier alpha value is -1.09. The van der Waals surface area contributed by atoms with E-state index in [1.165, 1.54) is 44.1 Å². The van der Waals surface area contributed by atoms with Crippen LogP contribution in [0.1, 0.15) is 62.7 Å². The molecule has 3 heteroatoms. The summed E-state index contributed by atoms with van der Waals surface area (Å²) in [4.78, 5) is 14.4. The van der Waals surface area contributed by atoms with Crippen LogP contribution < -0.4 is 10.9 Å². The van der Waals surface area contributed by atoms with Crippen LogP contribution in [0.25, 0.3) is 0 Å². The molecule has 0 bridgehead atoms. The fourth-order valence-electron chi connectivity index (χ4n) is 3.75. The number of rotatable bonds is 3. The van der Waals surface area contributed by atoms with Gasteiger partial charge in [0.15, 0.2) is 0 Å². The van der Waals surface area contributed by atoms with E-state index in [9.17, 15) is 4.79 Å². The van der Waals surface area contributed by atoms with E-state index in [1.54, 1.807) is 6.07 Å². The molecule has 0 spiro atoms. The SMILES string of the molecule is CC1CCC(CNC2CCCc3[nH]c(=O)ccc32)CC1. The zero-order chi connectivity index (χ0) is 13.9. The van der Waals surface area contributed by atoms with Crippen molar-refractivity contribution in [2.24, 2.45) is 11.8 Å². The van der Waals surface area contributed by atoms with Crippen molar-refractivity contribution in [2.75, 3.05) is 6.54 Å². The minimum Gasteiger partial charge on any atom is -0.326 e. The molecule has 1 saturated carbocycles. The lowest BCUT2D eigenvalue weighted by Gasteiger charge is -2.30. The van der Waals surface area contributed by atoms with Crippen LogP contribution in [0.15, 0.2) is 16.9 Å². The van der Waals surface area contributed by atoms with Crippen LogP contribution in [0.5, 0.6) is 0 Å². The van der Waals surface area contributed by atoms with Gasteiger partial charge in [-0.2, -0.15) is 0 Å². The number of aryl methyl sites for hydroxylation is 1. The lowest BCUT2D eigenvalue weighted by atomic mass is 9.82. The molecule has 1 unspecified atom stereocenters. The van der Waals surface area contributed by atoms with Gasteiger partial charge in [-0.15, -0.1) is 0 Å². The van der Waals surface area contributed by atoms with Gasteiger partial charge in [0.05, 0.1) is 0 Å².